The Morgan fingerprint density at radius 1 is 1.08 bits per heavy atom. The van der Waals surface area contributed by atoms with Crippen molar-refractivity contribution in [2.45, 2.75) is 39.5 Å². The van der Waals surface area contributed by atoms with E-state index in [1.165, 1.54) is 17.0 Å². The van der Waals surface area contributed by atoms with E-state index in [-0.39, 0.29) is 17.3 Å². The van der Waals surface area contributed by atoms with Gasteiger partial charge in [-0.05, 0) is 79.3 Å². The number of nitrogens with zero attached hydrogens (tertiary/aromatic N) is 4. The molecule has 190 valence electrons. The first kappa shape index (κ1) is 24.7. The fourth-order valence-corrected chi connectivity index (χ4v) is 4.88. The van der Waals surface area contributed by atoms with Crippen LogP contribution in [-0.4, -0.2) is 36.1 Å². The molecule has 0 aliphatic carbocycles. The summed E-state index contributed by atoms with van der Waals surface area (Å²) in [6.45, 7) is 8.01. The van der Waals surface area contributed by atoms with E-state index in [0.29, 0.717) is 22.3 Å². The van der Waals surface area contributed by atoms with Crippen LogP contribution in [0, 0.1) is 12.7 Å². The van der Waals surface area contributed by atoms with Crippen LogP contribution in [0.2, 0.25) is 0 Å². The van der Waals surface area contributed by atoms with Gasteiger partial charge < -0.3 is 9.64 Å². The molecule has 0 spiro atoms. The summed E-state index contributed by atoms with van der Waals surface area (Å²) in [6, 6.07) is 16.3. The van der Waals surface area contributed by atoms with Gasteiger partial charge in [0.05, 0.1) is 24.2 Å². The number of hydrogen-bond acceptors (Lipinski definition) is 5. The van der Waals surface area contributed by atoms with Crippen molar-refractivity contribution >= 4 is 22.8 Å². The molecule has 37 heavy (non-hydrogen) atoms. The molecule has 0 atom stereocenters. The summed E-state index contributed by atoms with van der Waals surface area (Å²) in [7, 11) is 1.65. The molecule has 7 heteroatoms. The lowest BCUT2D eigenvalue weighted by Crippen LogP contribution is -2.21. The molecule has 1 saturated heterocycles. The second-order valence-corrected chi connectivity index (χ2v) is 9.78. The highest BCUT2D eigenvalue weighted by Gasteiger charge is 2.19. The van der Waals surface area contributed by atoms with E-state index in [9.17, 15) is 4.79 Å². The van der Waals surface area contributed by atoms with E-state index in [1.807, 2.05) is 37.3 Å². The smallest absolute Gasteiger partial charge is 0.282 e. The number of rotatable bonds is 6. The lowest BCUT2D eigenvalue weighted by Gasteiger charge is -2.18. The molecule has 1 fully saturated rings. The fraction of sp³-hybridized carbons (Fsp3) is 0.300. The summed E-state index contributed by atoms with van der Waals surface area (Å²) in [5, 5.41) is 4.93. The van der Waals surface area contributed by atoms with Crippen molar-refractivity contribution in [2.24, 2.45) is 5.10 Å². The summed E-state index contributed by atoms with van der Waals surface area (Å²) < 4.78 is 21.9. The van der Waals surface area contributed by atoms with Crippen LogP contribution in [0.25, 0.3) is 22.3 Å². The van der Waals surface area contributed by atoms with Crippen LogP contribution in [-0.2, 0) is 0 Å². The molecule has 1 aromatic heterocycles. The molecular formula is C30H31FN4O2. The van der Waals surface area contributed by atoms with Gasteiger partial charge in [0.1, 0.15) is 11.6 Å². The van der Waals surface area contributed by atoms with Gasteiger partial charge in [0.2, 0.25) is 0 Å². The third-order valence-corrected chi connectivity index (χ3v) is 6.96. The SMILES string of the molecule is COc1cc(C)c(-c2nc3ccccc3c(=O)n2N=Cc2ccc(N3CCCC3)cc2F)cc1C(C)C. The van der Waals surface area contributed by atoms with Gasteiger partial charge in [-0.3, -0.25) is 4.79 Å². The molecular weight excluding hydrogens is 467 g/mol. The number of methoxy groups -OCH3 is 1. The summed E-state index contributed by atoms with van der Waals surface area (Å²) in [4.78, 5) is 20.6. The Hall–Kier alpha value is -4.00. The van der Waals surface area contributed by atoms with Crippen molar-refractivity contribution in [3.05, 3.63) is 87.5 Å². The largest absolute Gasteiger partial charge is 0.496 e. The van der Waals surface area contributed by atoms with Gasteiger partial charge in [-0.2, -0.15) is 9.78 Å². The molecule has 0 amide bonds. The Kier molecular flexibility index (Phi) is 6.78. The standard InChI is InChI=1S/C30H31FN4O2/c1-19(2)24-17-25(20(3)15-28(24)37-4)29-33-27-10-6-5-9-23(27)30(36)35(29)32-18-21-11-12-22(16-26(21)31)34-13-7-8-14-34/h5-6,9-12,15-19H,7-8,13-14H2,1-4H3. The van der Waals surface area contributed by atoms with Crippen LogP contribution in [0.1, 0.15) is 49.3 Å². The minimum Gasteiger partial charge on any atom is -0.496 e. The van der Waals surface area contributed by atoms with Gasteiger partial charge in [0.25, 0.3) is 5.56 Å². The number of aryl methyl sites for hydroxylation is 1. The molecule has 4 aromatic rings. The number of benzene rings is 3. The first-order valence-corrected chi connectivity index (χ1v) is 12.7. The first-order valence-electron chi connectivity index (χ1n) is 12.7. The van der Waals surface area contributed by atoms with Crippen LogP contribution in [0.15, 0.2) is 64.5 Å². The zero-order chi connectivity index (χ0) is 26.1. The van der Waals surface area contributed by atoms with E-state index in [4.69, 9.17) is 9.72 Å². The summed E-state index contributed by atoms with van der Waals surface area (Å²) in [6.07, 6.45) is 3.64. The number of para-hydroxylation sites is 1. The maximum atomic E-state index is 15.0. The lowest BCUT2D eigenvalue weighted by molar-refractivity contribution is 0.407. The Bertz CT molecular complexity index is 1550. The second-order valence-electron chi connectivity index (χ2n) is 9.78. The average molecular weight is 499 g/mol. The van der Waals surface area contributed by atoms with Crippen molar-refractivity contribution in [3.8, 4) is 17.1 Å². The molecule has 0 radical (unpaired) electrons. The van der Waals surface area contributed by atoms with Crippen LogP contribution >= 0.6 is 0 Å². The molecule has 2 heterocycles. The Balaban J connectivity index is 1.65. The predicted molar refractivity (Wildman–Crippen MR) is 148 cm³/mol. The minimum atomic E-state index is -0.376. The Morgan fingerprint density at radius 2 is 1.84 bits per heavy atom. The van der Waals surface area contributed by atoms with Crippen molar-refractivity contribution in [1.29, 1.82) is 0 Å². The number of aromatic nitrogens is 2. The van der Waals surface area contributed by atoms with E-state index in [2.05, 4.69) is 23.8 Å². The van der Waals surface area contributed by atoms with E-state index < -0.39 is 0 Å². The van der Waals surface area contributed by atoms with Crippen LogP contribution in [0.4, 0.5) is 10.1 Å². The van der Waals surface area contributed by atoms with Crippen molar-refractivity contribution in [1.82, 2.24) is 9.66 Å². The van der Waals surface area contributed by atoms with Gasteiger partial charge in [0.15, 0.2) is 5.82 Å². The third kappa shape index (κ3) is 4.73. The van der Waals surface area contributed by atoms with Gasteiger partial charge in [0, 0.05) is 29.9 Å². The van der Waals surface area contributed by atoms with E-state index in [0.717, 1.165) is 54.1 Å². The Morgan fingerprint density at radius 3 is 2.54 bits per heavy atom. The number of anilines is 1. The van der Waals surface area contributed by atoms with Crippen molar-refractivity contribution < 1.29 is 9.13 Å². The molecule has 1 aliphatic rings. The quantitative estimate of drug-likeness (QED) is 0.300. The number of ether oxygens (including phenoxy) is 1. The van der Waals surface area contributed by atoms with Gasteiger partial charge in [-0.15, -0.1) is 0 Å². The zero-order valence-corrected chi connectivity index (χ0v) is 21.7. The molecule has 1 aliphatic heterocycles. The Labute approximate surface area is 216 Å². The van der Waals surface area contributed by atoms with Gasteiger partial charge in [-0.25, -0.2) is 9.37 Å². The molecule has 0 unspecified atom stereocenters. The van der Waals surface area contributed by atoms with Gasteiger partial charge >= 0.3 is 0 Å². The van der Waals surface area contributed by atoms with Crippen LogP contribution in [0.5, 0.6) is 5.75 Å². The summed E-state index contributed by atoms with van der Waals surface area (Å²) in [5.41, 5.74) is 4.12. The molecule has 5 rings (SSSR count). The van der Waals surface area contributed by atoms with Crippen molar-refractivity contribution in [3.63, 3.8) is 0 Å². The summed E-state index contributed by atoms with van der Waals surface area (Å²) in [5.74, 6) is 1.01. The van der Waals surface area contributed by atoms with E-state index >= 15 is 4.39 Å². The molecule has 0 bridgehead atoms. The molecule has 6 nitrogen and oxygen atoms in total. The van der Waals surface area contributed by atoms with Crippen LogP contribution < -0.4 is 15.2 Å². The molecule has 3 aromatic carbocycles. The topological polar surface area (TPSA) is 59.7 Å². The average Bonchev–Trinajstić information content (AvgIpc) is 3.43. The summed E-state index contributed by atoms with van der Waals surface area (Å²) >= 11 is 0. The number of halogens is 1. The lowest BCUT2D eigenvalue weighted by atomic mass is 9.96. The van der Waals surface area contributed by atoms with E-state index in [1.54, 1.807) is 25.3 Å². The highest BCUT2D eigenvalue weighted by Crippen LogP contribution is 2.34. The minimum absolute atomic E-state index is 0.196. The number of fused-ring (bicyclic) bond motifs is 1. The van der Waals surface area contributed by atoms with Crippen LogP contribution in [0.3, 0.4) is 0 Å². The predicted octanol–water partition coefficient (Wildman–Crippen LogP) is 6.13. The fourth-order valence-electron chi connectivity index (χ4n) is 4.88. The maximum Gasteiger partial charge on any atom is 0.282 e. The number of hydrogen-bond donors (Lipinski definition) is 0. The second kappa shape index (κ2) is 10.2. The maximum absolute atomic E-state index is 15.0. The highest BCUT2D eigenvalue weighted by molar-refractivity contribution is 5.83. The third-order valence-electron chi connectivity index (χ3n) is 6.96. The zero-order valence-electron chi connectivity index (χ0n) is 21.7. The monoisotopic (exact) mass is 498 g/mol. The van der Waals surface area contributed by atoms with Crippen molar-refractivity contribution in [2.75, 3.05) is 25.1 Å². The highest BCUT2D eigenvalue weighted by atomic mass is 19.1. The normalized spacial score (nSPS) is 13.8. The van der Waals surface area contributed by atoms with Gasteiger partial charge in [-0.1, -0.05) is 26.0 Å². The molecule has 0 saturated carbocycles. The molecule has 0 N–H and O–H groups in total. The first-order chi connectivity index (χ1) is 17.9.